The Kier molecular flexibility index (Phi) is 4.04. The molecular weight excluding hydrogens is 307 g/mol. The van der Waals surface area contributed by atoms with Crippen LogP contribution < -0.4 is 9.80 Å². The van der Waals surface area contributed by atoms with Crippen molar-refractivity contribution >= 4 is 40.6 Å². The first kappa shape index (κ1) is 14.2. The first-order valence-electron chi connectivity index (χ1n) is 6.75. The van der Waals surface area contributed by atoms with Crippen molar-refractivity contribution in [2.24, 2.45) is 0 Å². The smallest absolute Gasteiger partial charge is 0.294 e. The highest BCUT2D eigenvalue weighted by atomic mass is 35.5. The van der Waals surface area contributed by atoms with E-state index in [9.17, 15) is 4.79 Å². The van der Waals surface area contributed by atoms with E-state index in [-0.39, 0.29) is 6.03 Å². The molecule has 2 aromatic carbocycles. The van der Waals surface area contributed by atoms with Gasteiger partial charge in [0.2, 0.25) is 0 Å². The van der Waals surface area contributed by atoms with Gasteiger partial charge in [-0.25, -0.2) is 4.79 Å². The summed E-state index contributed by atoms with van der Waals surface area (Å²) in [5, 5.41) is 1.06. The zero-order valence-corrected chi connectivity index (χ0v) is 12.8. The van der Waals surface area contributed by atoms with Gasteiger partial charge in [0.15, 0.2) is 0 Å². The lowest BCUT2D eigenvalue weighted by atomic mass is 10.2. The molecule has 0 atom stereocenters. The molecule has 21 heavy (non-hydrogen) atoms. The van der Waals surface area contributed by atoms with Crippen LogP contribution in [0.2, 0.25) is 10.0 Å². The van der Waals surface area contributed by atoms with Gasteiger partial charge in [-0.2, -0.15) is 0 Å². The van der Waals surface area contributed by atoms with Crippen LogP contribution in [-0.2, 0) is 0 Å². The number of carbonyl (C=O) groups is 1. The van der Waals surface area contributed by atoms with Crippen LogP contribution in [0, 0.1) is 0 Å². The van der Waals surface area contributed by atoms with E-state index in [1.165, 1.54) is 0 Å². The fourth-order valence-electron chi connectivity index (χ4n) is 2.51. The van der Waals surface area contributed by atoms with Crippen molar-refractivity contribution in [3.05, 3.63) is 58.6 Å². The van der Waals surface area contributed by atoms with Gasteiger partial charge in [-0.15, -0.1) is 0 Å². The molecule has 0 N–H and O–H groups in total. The molecule has 3 nitrogen and oxygen atoms in total. The number of hydrogen-bond acceptors (Lipinski definition) is 1. The first-order valence-corrected chi connectivity index (χ1v) is 7.51. The van der Waals surface area contributed by atoms with Gasteiger partial charge in [0, 0.05) is 34.5 Å². The Morgan fingerprint density at radius 2 is 1.38 bits per heavy atom. The molecule has 1 saturated heterocycles. The second-order valence-electron chi connectivity index (χ2n) is 4.90. The van der Waals surface area contributed by atoms with E-state index in [1.54, 1.807) is 28.0 Å². The van der Waals surface area contributed by atoms with Crippen molar-refractivity contribution in [2.45, 2.75) is 6.42 Å². The number of urea groups is 1. The number of anilines is 2. The Bertz CT molecular complexity index is 640. The Balaban J connectivity index is 1.92. The largest absolute Gasteiger partial charge is 0.328 e. The summed E-state index contributed by atoms with van der Waals surface area (Å²) in [7, 11) is 0. The number of carbonyl (C=O) groups excluding carboxylic acids is 1. The summed E-state index contributed by atoms with van der Waals surface area (Å²) in [6.45, 7) is 1.38. The molecule has 0 radical (unpaired) electrons. The van der Waals surface area contributed by atoms with Crippen LogP contribution in [0.5, 0.6) is 0 Å². The van der Waals surface area contributed by atoms with Gasteiger partial charge in [-0.1, -0.05) is 41.4 Å². The lowest BCUT2D eigenvalue weighted by Crippen LogP contribution is -2.49. The molecule has 0 spiro atoms. The number of benzene rings is 2. The molecule has 0 aliphatic carbocycles. The number of hydrogen-bond donors (Lipinski definition) is 0. The Hall–Kier alpha value is -1.71. The molecule has 0 bridgehead atoms. The number of halogens is 2. The summed E-state index contributed by atoms with van der Waals surface area (Å²) in [5.74, 6) is 0. The lowest BCUT2D eigenvalue weighted by Gasteiger charge is -2.35. The second kappa shape index (κ2) is 5.96. The van der Waals surface area contributed by atoms with Crippen LogP contribution in [0.15, 0.2) is 48.5 Å². The minimum absolute atomic E-state index is 0.0502. The monoisotopic (exact) mass is 320 g/mol. The van der Waals surface area contributed by atoms with Gasteiger partial charge in [0.05, 0.1) is 0 Å². The average Bonchev–Trinajstić information content (AvgIpc) is 2.47. The van der Waals surface area contributed by atoms with E-state index < -0.39 is 0 Å². The molecular formula is C16H14Cl2N2O. The fraction of sp³-hybridized carbons (Fsp3) is 0.188. The zero-order chi connectivity index (χ0) is 14.8. The molecule has 1 fully saturated rings. The summed E-state index contributed by atoms with van der Waals surface area (Å²) in [4.78, 5) is 16.2. The predicted molar refractivity (Wildman–Crippen MR) is 87.6 cm³/mol. The number of para-hydroxylation sites is 1. The Morgan fingerprint density at radius 1 is 0.810 bits per heavy atom. The Morgan fingerprint density at radius 3 is 2.00 bits per heavy atom. The molecule has 0 aromatic heterocycles. The quantitative estimate of drug-likeness (QED) is 0.777. The summed E-state index contributed by atoms with van der Waals surface area (Å²) >= 11 is 12.1. The molecule has 5 heteroatoms. The van der Waals surface area contributed by atoms with Gasteiger partial charge in [0.1, 0.15) is 0 Å². The predicted octanol–water partition coefficient (Wildman–Crippen LogP) is 4.83. The van der Waals surface area contributed by atoms with E-state index in [2.05, 4.69) is 0 Å². The maximum Gasteiger partial charge on any atom is 0.328 e. The van der Waals surface area contributed by atoms with E-state index in [1.807, 2.05) is 30.3 Å². The minimum Gasteiger partial charge on any atom is -0.294 e. The molecule has 2 aromatic rings. The molecule has 0 unspecified atom stereocenters. The van der Waals surface area contributed by atoms with Crippen LogP contribution in [0.1, 0.15) is 6.42 Å². The number of nitrogens with zero attached hydrogens (tertiary/aromatic N) is 2. The van der Waals surface area contributed by atoms with E-state index in [0.717, 1.165) is 17.8 Å². The molecule has 1 aliphatic rings. The highest BCUT2D eigenvalue weighted by Gasteiger charge is 2.28. The average molecular weight is 321 g/mol. The Labute approximate surface area is 133 Å². The van der Waals surface area contributed by atoms with Crippen molar-refractivity contribution in [3.8, 4) is 0 Å². The van der Waals surface area contributed by atoms with E-state index in [0.29, 0.717) is 23.1 Å². The molecule has 108 valence electrons. The third-order valence-electron chi connectivity index (χ3n) is 3.45. The van der Waals surface area contributed by atoms with Gasteiger partial charge >= 0.3 is 6.03 Å². The van der Waals surface area contributed by atoms with Crippen molar-refractivity contribution < 1.29 is 4.79 Å². The van der Waals surface area contributed by atoms with Crippen LogP contribution in [0.4, 0.5) is 16.2 Å². The minimum atomic E-state index is -0.0502. The van der Waals surface area contributed by atoms with Crippen LogP contribution in [-0.4, -0.2) is 19.1 Å². The van der Waals surface area contributed by atoms with Crippen molar-refractivity contribution in [1.82, 2.24) is 0 Å². The van der Waals surface area contributed by atoms with Crippen molar-refractivity contribution in [1.29, 1.82) is 0 Å². The maximum atomic E-state index is 12.7. The second-order valence-corrected chi connectivity index (χ2v) is 5.78. The number of amides is 2. The van der Waals surface area contributed by atoms with Crippen LogP contribution in [0.3, 0.4) is 0 Å². The molecule has 1 aliphatic heterocycles. The third kappa shape index (κ3) is 2.99. The summed E-state index contributed by atoms with van der Waals surface area (Å²) in [6.07, 6.45) is 0.894. The van der Waals surface area contributed by atoms with Crippen molar-refractivity contribution in [2.75, 3.05) is 22.9 Å². The molecule has 1 heterocycles. The summed E-state index contributed by atoms with van der Waals surface area (Å²) < 4.78 is 0. The molecule has 2 amide bonds. The normalized spacial score (nSPS) is 15.4. The van der Waals surface area contributed by atoms with Crippen molar-refractivity contribution in [3.63, 3.8) is 0 Å². The highest BCUT2D eigenvalue weighted by Crippen LogP contribution is 2.29. The van der Waals surface area contributed by atoms with Gasteiger partial charge in [-0.05, 0) is 36.8 Å². The SMILES string of the molecule is O=C1N(c2ccccc2)CCCN1c1cc(Cl)cc(Cl)c1. The molecule has 3 rings (SSSR count). The van der Waals surface area contributed by atoms with Gasteiger partial charge in [-0.3, -0.25) is 9.80 Å². The summed E-state index contributed by atoms with van der Waals surface area (Å²) in [6, 6.07) is 14.8. The lowest BCUT2D eigenvalue weighted by molar-refractivity contribution is 0.248. The van der Waals surface area contributed by atoms with Crippen LogP contribution in [0.25, 0.3) is 0 Å². The first-order chi connectivity index (χ1) is 10.1. The van der Waals surface area contributed by atoms with Gasteiger partial charge in [0.25, 0.3) is 0 Å². The standard InChI is InChI=1S/C16H14Cl2N2O/c17-12-9-13(18)11-15(10-12)20-8-4-7-19(16(20)21)14-5-2-1-3-6-14/h1-3,5-6,9-11H,4,7-8H2. The fourth-order valence-corrected chi connectivity index (χ4v) is 3.02. The number of rotatable bonds is 2. The summed E-state index contributed by atoms with van der Waals surface area (Å²) in [5.41, 5.74) is 1.64. The highest BCUT2D eigenvalue weighted by molar-refractivity contribution is 6.35. The van der Waals surface area contributed by atoms with E-state index >= 15 is 0 Å². The van der Waals surface area contributed by atoms with E-state index in [4.69, 9.17) is 23.2 Å². The van der Waals surface area contributed by atoms with Gasteiger partial charge < -0.3 is 0 Å². The third-order valence-corrected chi connectivity index (χ3v) is 3.89. The topological polar surface area (TPSA) is 23.6 Å². The zero-order valence-electron chi connectivity index (χ0n) is 11.3. The maximum absolute atomic E-state index is 12.7. The molecule has 0 saturated carbocycles. The van der Waals surface area contributed by atoms with Crippen LogP contribution >= 0.6 is 23.2 Å².